The number of methoxy groups -OCH3 is 1. The summed E-state index contributed by atoms with van der Waals surface area (Å²) in [6, 6.07) is -0.0716. The van der Waals surface area contributed by atoms with E-state index in [4.69, 9.17) is 10.5 Å². The highest BCUT2D eigenvalue weighted by atomic mass is 16.5. The van der Waals surface area contributed by atoms with Gasteiger partial charge < -0.3 is 10.5 Å². The molecular formula is C19H37NO2. The average molecular weight is 312 g/mol. The number of ether oxygens (including phenoxy) is 1. The van der Waals surface area contributed by atoms with Crippen molar-refractivity contribution in [3.05, 3.63) is 11.1 Å². The number of rotatable bonds is 13. The highest BCUT2D eigenvalue weighted by Crippen LogP contribution is 2.18. The van der Waals surface area contributed by atoms with E-state index in [-0.39, 0.29) is 12.0 Å². The molecule has 0 aromatic rings. The molecule has 3 nitrogen and oxygen atoms in total. The average Bonchev–Trinajstić information content (AvgIpc) is 2.51. The second-order valence-electron chi connectivity index (χ2n) is 6.36. The highest BCUT2D eigenvalue weighted by Gasteiger charge is 2.13. The normalized spacial score (nSPS) is 13.7. The zero-order valence-electron chi connectivity index (χ0n) is 15.2. The van der Waals surface area contributed by atoms with Crippen molar-refractivity contribution in [1.29, 1.82) is 0 Å². The molecule has 2 N–H and O–H groups in total. The third-order valence-electron chi connectivity index (χ3n) is 4.32. The second-order valence-corrected chi connectivity index (χ2v) is 6.36. The van der Waals surface area contributed by atoms with Gasteiger partial charge in [0, 0.05) is 11.6 Å². The molecule has 0 aromatic carbocycles. The van der Waals surface area contributed by atoms with Crippen molar-refractivity contribution in [2.24, 2.45) is 5.73 Å². The fourth-order valence-electron chi connectivity index (χ4n) is 2.84. The van der Waals surface area contributed by atoms with E-state index in [2.05, 4.69) is 6.92 Å². The molecular weight excluding hydrogens is 274 g/mol. The summed E-state index contributed by atoms with van der Waals surface area (Å²) in [5.74, 6) is -0.251. The lowest BCUT2D eigenvalue weighted by atomic mass is 9.96. The molecule has 1 atom stereocenters. The Balaban J connectivity index is 3.81. The van der Waals surface area contributed by atoms with Crippen LogP contribution in [-0.4, -0.2) is 19.1 Å². The number of nitrogens with two attached hydrogens (primary N) is 1. The molecule has 0 saturated carbocycles. The predicted octanol–water partition coefficient (Wildman–Crippen LogP) is 5.13. The lowest BCUT2D eigenvalue weighted by Crippen LogP contribution is -2.21. The van der Waals surface area contributed by atoms with Crippen LogP contribution in [0.2, 0.25) is 0 Å². The zero-order valence-corrected chi connectivity index (χ0v) is 15.2. The number of esters is 1. The van der Waals surface area contributed by atoms with Crippen molar-refractivity contribution in [1.82, 2.24) is 0 Å². The molecule has 0 spiro atoms. The van der Waals surface area contributed by atoms with Crippen molar-refractivity contribution < 1.29 is 9.53 Å². The Hall–Kier alpha value is -0.830. The number of carbonyl (C=O) groups excluding carboxylic acids is 1. The van der Waals surface area contributed by atoms with Gasteiger partial charge in [-0.1, -0.05) is 64.7 Å². The molecule has 0 aliphatic carbocycles. The van der Waals surface area contributed by atoms with E-state index in [1.807, 2.05) is 13.8 Å². The summed E-state index contributed by atoms with van der Waals surface area (Å²) in [6.07, 6.45) is 14.1. The van der Waals surface area contributed by atoms with Crippen molar-refractivity contribution in [3.63, 3.8) is 0 Å². The van der Waals surface area contributed by atoms with E-state index in [1.54, 1.807) is 0 Å². The molecule has 0 heterocycles. The molecule has 0 fully saturated rings. The predicted molar refractivity (Wildman–Crippen MR) is 94.8 cm³/mol. The molecule has 0 aromatic heterocycles. The topological polar surface area (TPSA) is 52.3 Å². The third kappa shape index (κ3) is 9.99. The Kier molecular flexibility index (Phi) is 13.3. The summed E-state index contributed by atoms with van der Waals surface area (Å²) in [6.45, 7) is 6.02. The number of hydrogen-bond donors (Lipinski definition) is 1. The summed E-state index contributed by atoms with van der Waals surface area (Å²) in [4.78, 5) is 11.6. The van der Waals surface area contributed by atoms with Crippen LogP contribution < -0.4 is 5.73 Å². The van der Waals surface area contributed by atoms with Crippen LogP contribution >= 0.6 is 0 Å². The molecule has 0 aliphatic heterocycles. The van der Waals surface area contributed by atoms with E-state index < -0.39 is 0 Å². The van der Waals surface area contributed by atoms with E-state index >= 15 is 0 Å². The molecule has 3 heteroatoms. The van der Waals surface area contributed by atoms with E-state index in [0.29, 0.717) is 5.57 Å². The first-order valence-corrected chi connectivity index (χ1v) is 9.08. The van der Waals surface area contributed by atoms with Gasteiger partial charge in [-0.3, -0.25) is 0 Å². The molecule has 0 radical (unpaired) electrons. The second kappa shape index (κ2) is 13.8. The van der Waals surface area contributed by atoms with Gasteiger partial charge in [0.15, 0.2) is 0 Å². The lowest BCUT2D eigenvalue weighted by Gasteiger charge is -2.14. The molecule has 22 heavy (non-hydrogen) atoms. The summed E-state index contributed by atoms with van der Waals surface area (Å²) < 4.78 is 4.79. The quantitative estimate of drug-likeness (QED) is 0.291. The number of hydrogen-bond acceptors (Lipinski definition) is 3. The van der Waals surface area contributed by atoms with Gasteiger partial charge in [0.1, 0.15) is 0 Å². The Morgan fingerprint density at radius 2 is 1.41 bits per heavy atom. The van der Waals surface area contributed by atoms with Gasteiger partial charge in [0.2, 0.25) is 0 Å². The van der Waals surface area contributed by atoms with Gasteiger partial charge in [0.25, 0.3) is 0 Å². The van der Waals surface area contributed by atoms with Crippen LogP contribution in [0.3, 0.4) is 0 Å². The SMILES string of the molecule is CCCCCCCCCCCCC(=C(C)C(=O)OC)C(C)N. The third-order valence-corrected chi connectivity index (χ3v) is 4.32. The maximum absolute atomic E-state index is 11.6. The van der Waals surface area contributed by atoms with E-state index in [0.717, 1.165) is 18.4 Å². The first-order chi connectivity index (χ1) is 10.5. The zero-order chi connectivity index (χ0) is 16.8. The van der Waals surface area contributed by atoms with Crippen LogP contribution in [0.4, 0.5) is 0 Å². The van der Waals surface area contributed by atoms with Crippen molar-refractivity contribution in [3.8, 4) is 0 Å². The first-order valence-electron chi connectivity index (χ1n) is 9.08. The van der Waals surface area contributed by atoms with Gasteiger partial charge in [-0.25, -0.2) is 4.79 Å². The van der Waals surface area contributed by atoms with Crippen LogP contribution in [0, 0.1) is 0 Å². The lowest BCUT2D eigenvalue weighted by molar-refractivity contribution is -0.136. The smallest absolute Gasteiger partial charge is 0.333 e. The molecule has 0 saturated heterocycles. The van der Waals surface area contributed by atoms with Crippen LogP contribution in [0.15, 0.2) is 11.1 Å². The fraction of sp³-hybridized carbons (Fsp3) is 0.842. The minimum Gasteiger partial charge on any atom is -0.466 e. The monoisotopic (exact) mass is 311 g/mol. The van der Waals surface area contributed by atoms with E-state index in [9.17, 15) is 4.79 Å². The maximum Gasteiger partial charge on any atom is 0.333 e. The Morgan fingerprint density at radius 1 is 0.955 bits per heavy atom. The molecule has 0 bridgehead atoms. The van der Waals surface area contributed by atoms with Crippen LogP contribution in [0.5, 0.6) is 0 Å². The summed E-state index contributed by atoms with van der Waals surface area (Å²) >= 11 is 0. The number of unbranched alkanes of at least 4 members (excludes halogenated alkanes) is 9. The summed E-state index contributed by atoms with van der Waals surface area (Å²) in [5, 5.41) is 0. The van der Waals surface area contributed by atoms with Gasteiger partial charge in [-0.15, -0.1) is 0 Å². The van der Waals surface area contributed by atoms with Crippen LogP contribution in [0.1, 0.15) is 91.4 Å². The molecule has 0 aliphatic rings. The van der Waals surface area contributed by atoms with Crippen LogP contribution in [0.25, 0.3) is 0 Å². The minimum absolute atomic E-state index is 0.0716. The maximum atomic E-state index is 11.6. The highest BCUT2D eigenvalue weighted by molar-refractivity contribution is 5.88. The summed E-state index contributed by atoms with van der Waals surface area (Å²) in [7, 11) is 1.42. The van der Waals surface area contributed by atoms with Crippen molar-refractivity contribution >= 4 is 5.97 Å². The van der Waals surface area contributed by atoms with Gasteiger partial charge in [-0.2, -0.15) is 0 Å². The molecule has 0 rings (SSSR count). The first kappa shape index (κ1) is 21.2. The van der Waals surface area contributed by atoms with Crippen molar-refractivity contribution in [2.75, 3.05) is 7.11 Å². The molecule has 130 valence electrons. The summed E-state index contributed by atoms with van der Waals surface area (Å²) in [5.41, 5.74) is 7.72. The Morgan fingerprint density at radius 3 is 1.82 bits per heavy atom. The Labute approximate surface area is 137 Å². The van der Waals surface area contributed by atoms with Gasteiger partial charge in [0.05, 0.1) is 7.11 Å². The van der Waals surface area contributed by atoms with Crippen LogP contribution in [-0.2, 0) is 9.53 Å². The Bertz CT molecular complexity index is 321. The molecule has 0 amide bonds. The van der Waals surface area contributed by atoms with Gasteiger partial charge >= 0.3 is 5.97 Å². The van der Waals surface area contributed by atoms with E-state index in [1.165, 1.54) is 64.9 Å². The largest absolute Gasteiger partial charge is 0.466 e. The fourth-order valence-corrected chi connectivity index (χ4v) is 2.84. The standard InChI is InChI=1S/C19H37NO2/c1-5-6-7-8-9-10-11-12-13-14-15-18(17(3)20)16(2)19(21)22-4/h17H,5-15,20H2,1-4H3. The number of carbonyl (C=O) groups is 1. The minimum atomic E-state index is -0.251. The van der Waals surface area contributed by atoms with Gasteiger partial charge in [-0.05, 0) is 32.3 Å². The molecule has 1 unspecified atom stereocenters. The van der Waals surface area contributed by atoms with Crippen molar-refractivity contribution in [2.45, 2.75) is 97.4 Å².